The van der Waals surface area contributed by atoms with Crippen molar-refractivity contribution in [1.82, 2.24) is 0 Å². The molecule has 0 N–H and O–H groups in total. The Labute approximate surface area is 173 Å². The van der Waals surface area contributed by atoms with Crippen LogP contribution in [0.25, 0.3) is 0 Å². The molecule has 0 aliphatic carbocycles. The molecule has 2 aromatic carbocycles. The van der Waals surface area contributed by atoms with Gasteiger partial charge in [0.2, 0.25) is 0 Å². The Kier molecular flexibility index (Phi) is 5.48. The molecule has 2 aliphatic heterocycles. The van der Waals surface area contributed by atoms with Gasteiger partial charge in [-0.05, 0) is 37.1 Å². The quantitative estimate of drug-likeness (QED) is 0.608. The number of alkyl halides is 1. The van der Waals surface area contributed by atoms with Crippen LogP contribution < -0.4 is 4.90 Å². The highest BCUT2D eigenvalue weighted by atomic mass is 35.5. The molecule has 7 heteroatoms. The molecule has 2 aromatic rings. The summed E-state index contributed by atoms with van der Waals surface area (Å²) in [5.74, 6) is 1.43. The SMILES string of the molecule is ClCCCC1=NN=C2CN=C(c3ccccc3Cl)c3cc(Cl)ccc3N2C1. The summed E-state index contributed by atoms with van der Waals surface area (Å²) in [4.78, 5) is 6.98. The van der Waals surface area contributed by atoms with Crippen molar-refractivity contribution in [2.24, 2.45) is 15.2 Å². The van der Waals surface area contributed by atoms with E-state index in [0.717, 1.165) is 46.9 Å². The summed E-state index contributed by atoms with van der Waals surface area (Å²) >= 11 is 18.6. The van der Waals surface area contributed by atoms with Gasteiger partial charge in [-0.15, -0.1) is 16.7 Å². The summed E-state index contributed by atoms with van der Waals surface area (Å²) in [5.41, 5.74) is 4.66. The fraction of sp³-hybridized carbons (Fsp3) is 0.250. The van der Waals surface area contributed by atoms with Crippen molar-refractivity contribution >= 4 is 57.7 Å². The molecule has 0 saturated carbocycles. The number of halogens is 3. The van der Waals surface area contributed by atoms with Crippen LogP contribution in [0.2, 0.25) is 10.0 Å². The second-order valence-electron chi connectivity index (χ2n) is 6.37. The van der Waals surface area contributed by atoms with Gasteiger partial charge in [0, 0.05) is 27.1 Å². The van der Waals surface area contributed by atoms with Gasteiger partial charge in [-0.3, -0.25) is 4.99 Å². The molecular formula is C20H17Cl3N4. The molecular weight excluding hydrogens is 403 g/mol. The number of fused-ring (bicyclic) bond motifs is 3. The van der Waals surface area contributed by atoms with Crippen LogP contribution in [0.4, 0.5) is 5.69 Å². The highest BCUT2D eigenvalue weighted by molar-refractivity contribution is 6.37. The van der Waals surface area contributed by atoms with Crippen LogP contribution in [0.3, 0.4) is 0 Å². The molecule has 0 saturated heterocycles. The minimum Gasteiger partial charge on any atom is -0.320 e. The fourth-order valence-electron chi connectivity index (χ4n) is 3.28. The minimum absolute atomic E-state index is 0.430. The second kappa shape index (κ2) is 8.01. The van der Waals surface area contributed by atoms with Gasteiger partial charge in [-0.2, -0.15) is 5.10 Å². The molecule has 0 fully saturated rings. The van der Waals surface area contributed by atoms with Crippen molar-refractivity contribution in [2.75, 3.05) is 23.9 Å². The van der Waals surface area contributed by atoms with E-state index in [0.29, 0.717) is 29.0 Å². The second-order valence-corrected chi connectivity index (χ2v) is 7.59. The topological polar surface area (TPSA) is 40.3 Å². The largest absolute Gasteiger partial charge is 0.320 e. The van der Waals surface area contributed by atoms with E-state index in [1.54, 1.807) is 0 Å². The average molecular weight is 420 g/mol. The van der Waals surface area contributed by atoms with Gasteiger partial charge in [0.25, 0.3) is 0 Å². The number of amidine groups is 1. The molecule has 2 heterocycles. The van der Waals surface area contributed by atoms with Gasteiger partial charge in [0.15, 0.2) is 5.84 Å². The monoisotopic (exact) mass is 418 g/mol. The zero-order chi connectivity index (χ0) is 18.8. The zero-order valence-electron chi connectivity index (χ0n) is 14.5. The number of rotatable bonds is 4. The summed E-state index contributed by atoms with van der Waals surface area (Å²) in [6, 6.07) is 13.5. The lowest BCUT2D eigenvalue weighted by Crippen LogP contribution is -2.39. The van der Waals surface area contributed by atoms with E-state index in [1.165, 1.54) is 0 Å². The highest BCUT2D eigenvalue weighted by Crippen LogP contribution is 2.32. The Bertz CT molecular complexity index is 965. The van der Waals surface area contributed by atoms with E-state index in [-0.39, 0.29) is 0 Å². The Balaban J connectivity index is 1.81. The van der Waals surface area contributed by atoms with Gasteiger partial charge in [0.05, 0.1) is 30.2 Å². The molecule has 0 unspecified atom stereocenters. The van der Waals surface area contributed by atoms with Crippen LogP contribution in [0.5, 0.6) is 0 Å². The zero-order valence-corrected chi connectivity index (χ0v) is 16.8. The average Bonchev–Trinajstić information content (AvgIpc) is 2.83. The van der Waals surface area contributed by atoms with E-state index >= 15 is 0 Å². The number of anilines is 1. The van der Waals surface area contributed by atoms with Gasteiger partial charge in [0.1, 0.15) is 0 Å². The molecule has 0 atom stereocenters. The van der Waals surface area contributed by atoms with Gasteiger partial charge >= 0.3 is 0 Å². The Hall–Kier alpha value is -1.88. The summed E-state index contributed by atoms with van der Waals surface area (Å²) in [7, 11) is 0. The van der Waals surface area contributed by atoms with Crippen molar-refractivity contribution in [2.45, 2.75) is 12.8 Å². The fourth-order valence-corrected chi connectivity index (χ4v) is 3.81. The molecule has 0 amide bonds. The minimum atomic E-state index is 0.430. The molecule has 27 heavy (non-hydrogen) atoms. The molecule has 2 aliphatic rings. The number of hydrogen-bond acceptors (Lipinski definition) is 4. The van der Waals surface area contributed by atoms with Crippen LogP contribution in [-0.2, 0) is 0 Å². The highest BCUT2D eigenvalue weighted by Gasteiger charge is 2.27. The normalized spacial score (nSPS) is 16.0. The van der Waals surface area contributed by atoms with Crippen molar-refractivity contribution in [3.63, 3.8) is 0 Å². The standard InChI is InChI=1S/C20H17Cl3N4/c21-9-3-4-14-12-27-18-8-7-13(22)10-16(18)20(24-11-19(27)26-25-14)15-5-1-2-6-17(15)23/h1-2,5-8,10H,3-4,9,11-12H2. The Morgan fingerprint density at radius 3 is 2.67 bits per heavy atom. The third-order valence-electron chi connectivity index (χ3n) is 4.57. The van der Waals surface area contributed by atoms with E-state index in [2.05, 4.69) is 15.1 Å². The lowest BCUT2D eigenvalue weighted by molar-refractivity contribution is 0.936. The summed E-state index contributed by atoms with van der Waals surface area (Å²) in [6.45, 7) is 1.11. The van der Waals surface area contributed by atoms with Crippen molar-refractivity contribution < 1.29 is 0 Å². The van der Waals surface area contributed by atoms with Crippen molar-refractivity contribution in [3.05, 3.63) is 63.6 Å². The molecule has 0 radical (unpaired) electrons. The number of hydrogen-bond donors (Lipinski definition) is 0. The predicted molar refractivity (Wildman–Crippen MR) is 116 cm³/mol. The Morgan fingerprint density at radius 1 is 1.00 bits per heavy atom. The first kappa shape index (κ1) is 18.5. The third-order valence-corrected chi connectivity index (χ3v) is 5.40. The van der Waals surface area contributed by atoms with Crippen LogP contribution >= 0.6 is 34.8 Å². The lowest BCUT2D eigenvalue weighted by Gasteiger charge is -2.28. The van der Waals surface area contributed by atoms with Crippen LogP contribution in [-0.4, -0.2) is 36.2 Å². The first-order valence-electron chi connectivity index (χ1n) is 8.72. The smallest absolute Gasteiger partial charge is 0.154 e. The first-order valence-corrected chi connectivity index (χ1v) is 10.0. The van der Waals surface area contributed by atoms with Crippen molar-refractivity contribution in [1.29, 1.82) is 0 Å². The predicted octanol–water partition coefficient (Wildman–Crippen LogP) is 5.44. The maximum absolute atomic E-state index is 6.46. The van der Waals surface area contributed by atoms with Crippen molar-refractivity contribution in [3.8, 4) is 0 Å². The van der Waals surface area contributed by atoms with Gasteiger partial charge in [-0.25, -0.2) is 0 Å². The molecule has 0 spiro atoms. The maximum atomic E-state index is 6.46. The molecule has 0 bridgehead atoms. The molecule has 4 rings (SSSR count). The Morgan fingerprint density at radius 2 is 1.85 bits per heavy atom. The van der Waals surface area contributed by atoms with Gasteiger partial charge < -0.3 is 4.90 Å². The van der Waals surface area contributed by atoms with Crippen LogP contribution in [0.15, 0.2) is 57.7 Å². The molecule has 138 valence electrons. The maximum Gasteiger partial charge on any atom is 0.154 e. The third kappa shape index (κ3) is 3.75. The summed E-state index contributed by atoms with van der Waals surface area (Å²) in [5, 5.41) is 10.1. The van der Waals surface area contributed by atoms with E-state index in [4.69, 9.17) is 39.8 Å². The molecule has 4 nitrogen and oxygen atoms in total. The summed E-state index contributed by atoms with van der Waals surface area (Å²) in [6.07, 6.45) is 1.71. The first-order chi connectivity index (χ1) is 13.2. The van der Waals surface area contributed by atoms with E-state index in [1.807, 2.05) is 42.5 Å². The summed E-state index contributed by atoms with van der Waals surface area (Å²) < 4.78 is 0. The van der Waals surface area contributed by atoms with E-state index in [9.17, 15) is 0 Å². The van der Waals surface area contributed by atoms with Gasteiger partial charge in [-0.1, -0.05) is 41.4 Å². The molecule has 0 aromatic heterocycles. The van der Waals surface area contributed by atoms with Crippen LogP contribution in [0.1, 0.15) is 24.0 Å². The lowest BCUT2D eigenvalue weighted by atomic mass is 10.00. The number of benzene rings is 2. The number of nitrogens with zero attached hydrogens (tertiary/aromatic N) is 4. The van der Waals surface area contributed by atoms with E-state index < -0.39 is 0 Å². The van der Waals surface area contributed by atoms with Crippen LogP contribution in [0, 0.1) is 0 Å². The number of aliphatic imine (C=N–C) groups is 1.